The summed E-state index contributed by atoms with van der Waals surface area (Å²) in [6, 6.07) is 9.46. The number of benzene rings is 1. The number of nitrogens with one attached hydrogen (secondary N) is 2. The lowest BCUT2D eigenvalue weighted by Gasteiger charge is -2.31. The highest BCUT2D eigenvalue weighted by molar-refractivity contribution is 7.10. The first-order valence-corrected chi connectivity index (χ1v) is 10.1. The van der Waals surface area contributed by atoms with Gasteiger partial charge in [0.1, 0.15) is 0 Å². The Hall–Kier alpha value is -2.25. The molecule has 2 N–H and O–H groups in total. The molecule has 27 heavy (non-hydrogen) atoms. The van der Waals surface area contributed by atoms with Crippen molar-refractivity contribution in [2.75, 3.05) is 45.7 Å². The van der Waals surface area contributed by atoms with Crippen molar-refractivity contribution in [3.05, 3.63) is 40.6 Å². The van der Waals surface area contributed by atoms with Crippen LogP contribution < -0.4 is 20.1 Å². The molecule has 2 amide bonds. The lowest BCUT2D eigenvalue weighted by atomic mass is 9.95. The summed E-state index contributed by atoms with van der Waals surface area (Å²) in [5.74, 6) is 1.92. The minimum atomic E-state index is -0.212. The maximum absolute atomic E-state index is 12.1. The molecule has 0 aliphatic carbocycles. The Morgan fingerprint density at radius 1 is 1.19 bits per heavy atom. The number of thiophene rings is 1. The number of urea groups is 1. The van der Waals surface area contributed by atoms with Gasteiger partial charge in [0.05, 0.1) is 14.2 Å². The molecule has 0 atom stereocenters. The van der Waals surface area contributed by atoms with E-state index in [-0.39, 0.29) is 6.03 Å². The van der Waals surface area contributed by atoms with Gasteiger partial charge in [-0.15, -0.1) is 11.3 Å². The van der Waals surface area contributed by atoms with E-state index in [0.717, 1.165) is 19.6 Å². The van der Waals surface area contributed by atoms with Gasteiger partial charge in [0, 0.05) is 29.7 Å². The number of amides is 2. The van der Waals surface area contributed by atoms with Crippen LogP contribution in [0.3, 0.4) is 0 Å². The molecule has 0 saturated carbocycles. The number of ether oxygens (including phenoxy) is 2. The van der Waals surface area contributed by atoms with Crippen LogP contribution in [0.25, 0.3) is 0 Å². The van der Waals surface area contributed by atoms with Crippen LogP contribution in [0, 0.1) is 0 Å². The summed E-state index contributed by atoms with van der Waals surface area (Å²) in [7, 11) is 3.16. The number of anilines is 1. The van der Waals surface area contributed by atoms with E-state index in [2.05, 4.69) is 33.0 Å². The molecule has 7 heteroatoms. The van der Waals surface area contributed by atoms with Gasteiger partial charge in [-0.25, -0.2) is 4.79 Å². The average Bonchev–Trinajstić information content (AvgIpc) is 3.23. The molecule has 0 unspecified atom stereocenters. The molecule has 1 saturated heterocycles. The van der Waals surface area contributed by atoms with Crippen molar-refractivity contribution < 1.29 is 14.3 Å². The van der Waals surface area contributed by atoms with Gasteiger partial charge in [-0.1, -0.05) is 6.07 Å². The van der Waals surface area contributed by atoms with Crippen molar-refractivity contribution in [3.8, 4) is 11.5 Å². The summed E-state index contributed by atoms with van der Waals surface area (Å²) in [4.78, 5) is 16.0. The summed E-state index contributed by atoms with van der Waals surface area (Å²) < 4.78 is 10.5. The second-order valence-corrected chi connectivity index (χ2v) is 7.56. The third-order valence-electron chi connectivity index (χ3n) is 4.89. The van der Waals surface area contributed by atoms with Crippen LogP contribution in [0.15, 0.2) is 35.7 Å². The fourth-order valence-corrected chi connectivity index (χ4v) is 4.28. The first-order chi connectivity index (χ1) is 13.2. The summed E-state index contributed by atoms with van der Waals surface area (Å²) in [5, 5.41) is 7.91. The van der Waals surface area contributed by atoms with E-state index < -0.39 is 0 Å². The van der Waals surface area contributed by atoms with Crippen molar-refractivity contribution in [2.45, 2.75) is 18.8 Å². The number of carbonyl (C=O) groups excluding carboxylic acids is 1. The van der Waals surface area contributed by atoms with E-state index in [1.165, 1.54) is 17.7 Å². The van der Waals surface area contributed by atoms with Crippen LogP contribution >= 0.6 is 11.3 Å². The van der Waals surface area contributed by atoms with E-state index in [4.69, 9.17) is 9.47 Å². The lowest BCUT2D eigenvalue weighted by molar-refractivity contribution is 0.212. The Bertz CT molecular complexity index is 728. The number of hydrogen-bond acceptors (Lipinski definition) is 5. The standard InChI is InChI=1S/C20H27N3O3S/c1-25-17-6-5-16(14-18(17)26-2)22-20(24)21-9-12-23-10-7-15(8-11-23)19-4-3-13-27-19/h3-6,13-15H,7-12H2,1-2H3,(H2,21,22,24). The number of carbonyl (C=O) groups is 1. The Morgan fingerprint density at radius 3 is 2.63 bits per heavy atom. The predicted molar refractivity (Wildman–Crippen MR) is 109 cm³/mol. The second-order valence-electron chi connectivity index (χ2n) is 6.58. The van der Waals surface area contributed by atoms with Gasteiger partial charge in [-0.2, -0.15) is 0 Å². The number of piperidine rings is 1. The second kappa shape index (κ2) is 9.62. The maximum atomic E-state index is 12.1. The molecule has 2 heterocycles. The molecule has 1 aliphatic heterocycles. The number of nitrogens with zero attached hydrogens (tertiary/aromatic N) is 1. The van der Waals surface area contributed by atoms with Crippen LogP contribution in [0.5, 0.6) is 11.5 Å². The quantitative estimate of drug-likeness (QED) is 0.757. The molecule has 1 aromatic carbocycles. The smallest absolute Gasteiger partial charge is 0.319 e. The molecule has 0 radical (unpaired) electrons. The van der Waals surface area contributed by atoms with E-state index in [1.807, 2.05) is 11.3 Å². The first kappa shape index (κ1) is 19.5. The van der Waals surface area contributed by atoms with Crippen molar-refractivity contribution in [1.29, 1.82) is 0 Å². The van der Waals surface area contributed by atoms with E-state index in [1.54, 1.807) is 32.4 Å². The third kappa shape index (κ3) is 5.37. The first-order valence-electron chi connectivity index (χ1n) is 9.22. The highest BCUT2D eigenvalue weighted by Crippen LogP contribution is 2.31. The lowest BCUT2D eigenvalue weighted by Crippen LogP contribution is -2.40. The van der Waals surface area contributed by atoms with Gasteiger partial charge in [0.15, 0.2) is 11.5 Å². The molecular weight excluding hydrogens is 362 g/mol. The van der Waals surface area contributed by atoms with Crippen LogP contribution in [-0.2, 0) is 0 Å². The summed E-state index contributed by atoms with van der Waals surface area (Å²) >= 11 is 1.86. The molecule has 1 aromatic heterocycles. The summed E-state index contributed by atoms with van der Waals surface area (Å²) in [6.45, 7) is 3.67. The molecular formula is C20H27N3O3S. The Balaban J connectivity index is 1.38. The van der Waals surface area contributed by atoms with Crippen molar-refractivity contribution in [3.63, 3.8) is 0 Å². The molecule has 3 rings (SSSR count). The van der Waals surface area contributed by atoms with Gasteiger partial charge in [0.2, 0.25) is 0 Å². The predicted octanol–water partition coefficient (Wildman–Crippen LogP) is 3.77. The number of hydrogen-bond donors (Lipinski definition) is 2. The van der Waals surface area contributed by atoms with Gasteiger partial charge in [-0.3, -0.25) is 0 Å². The minimum absolute atomic E-state index is 0.212. The largest absolute Gasteiger partial charge is 0.493 e. The van der Waals surface area contributed by atoms with Crippen LogP contribution in [0.2, 0.25) is 0 Å². The van der Waals surface area contributed by atoms with Crippen molar-refractivity contribution in [1.82, 2.24) is 10.2 Å². The van der Waals surface area contributed by atoms with Crippen molar-refractivity contribution >= 4 is 23.1 Å². The highest BCUT2D eigenvalue weighted by atomic mass is 32.1. The van der Waals surface area contributed by atoms with E-state index >= 15 is 0 Å². The Kier molecular flexibility index (Phi) is 6.95. The Morgan fingerprint density at radius 2 is 1.96 bits per heavy atom. The van der Waals surface area contributed by atoms with Gasteiger partial charge in [0.25, 0.3) is 0 Å². The van der Waals surface area contributed by atoms with Crippen LogP contribution in [0.4, 0.5) is 10.5 Å². The van der Waals surface area contributed by atoms with Gasteiger partial charge in [-0.05, 0) is 55.4 Å². The third-order valence-corrected chi connectivity index (χ3v) is 5.92. The molecule has 1 aliphatic rings. The zero-order valence-corrected chi connectivity index (χ0v) is 16.7. The van der Waals surface area contributed by atoms with E-state index in [9.17, 15) is 4.79 Å². The number of methoxy groups -OCH3 is 2. The molecule has 0 bridgehead atoms. The fraction of sp³-hybridized carbons (Fsp3) is 0.450. The normalized spacial score (nSPS) is 15.3. The van der Waals surface area contributed by atoms with Crippen LogP contribution in [0.1, 0.15) is 23.6 Å². The molecule has 6 nitrogen and oxygen atoms in total. The zero-order chi connectivity index (χ0) is 19.1. The average molecular weight is 390 g/mol. The molecule has 1 fully saturated rings. The Labute approximate surface area is 164 Å². The highest BCUT2D eigenvalue weighted by Gasteiger charge is 2.20. The van der Waals surface area contributed by atoms with Gasteiger partial charge < -0.3 is 25.0 Å². The number of likely N-dealkylation sites (tertiary alicyclic amines) is 1. The summed E-state index contributed by atoms with van der Waals surface area (Å²) in [6.07, 6.45) is 2.39. The van der Waals surface area contributed by atoms with Crippen LogP contribution in [-0.4, -0.2) is 51.3 Å². The van der Waals surface area contributed by atoms with Gasteiger partial charge >= 0.3 is 6.03 Å². The topological polar surface area (TPSA) is 62.8 Å². The monoisotopic (exact) mass is 389 g/mol. The number of rotatable bonds is 7. The maximum Gasteiger partial charge on any atom is 0.319 e. The zero-order valence-electron chi connectivity index (χ0n) is 15.9. The minimum Gasteiger partial charge on any atom is -0.493 e. The molecule has 0 spiro atoms. The molecule has 2 aromatic rings. The van der Waals surface area contributed by atoms with Crippen molar-refractivity contribution in [2.24, 2.45) is 0 Å². The van der Waals surface area contributed by atoms with E-state index in [0.29, 0.717) is 29.6 Å². The SMILES string of the molecule is COc1ccc(NC(=O)NCCN2CCC(c3cccs3)CC2)cc1OC. The summed E-state index contributed by atoms with van der Waals surface area (Å²) in [5.41, 5.74) is 0.668. The molecule has 146 valence electrons. The fourth-order valence-electron chi connectivity index (χ4n) is 3.38.